The molecule has 0 atom stereocenters. The van der Waals surface area contributed by atoms with Crippen molar-refractivity contribution in [1.29, 1.82) is 0 Å². The molecule has 23 nitrogen and oxygen atoms in total. The maximum Gasteiger partial charge on any atom is 1.00 e. The third-order valence-corrected chi connectivity index (χ3v) is 7.67. The van der Waals surface area contributed by atoms with E-state index < -0.39 is 67.3 Å². The summed E-state index contributed by atoms with van der Waals surface area (Å²) in [6.07, 6.45) is 5.81. The third kappa shape index (κ3) is 21.0. The van der Waals surface area contributed by atoms with Crippen LogP contribution in [0.5, 0.6) is 23.0 Å². The van der Waals surface area contributed by atoms with Crippen LogP contribution in [0.2, 0.25) is 0 Å². The van der Waals surface area contributed by atoms with Crippen LogP contribution < -0.4 is 67.3 Å². The van der Waals surface area contributed by atoms with E-state index in [1.165, 1.54) is 48.5 Å². The van der Waals surface area contributed by atoms with E-state index >= 15 is 0 Å². The number of carbonyl (C=O) groups excluding carboxylic acids is 6. The summed E-state index contributed by atoms with van der Waals surface area (Å²) in [5.74, 6) is -7.05. The van der Waals surface area contributed by atoms with Gasteiger partial charge < -0.3 is 66.8 Å². The quantitative estimate of drug-likeness (QED) is 0.0278. The van der Waals surface area contributed by atoms with Crippen molar-refractivity contribution in [2.75, 3.05) is 39.3 Å². The van der Waals surface area contributed by atoms with Gasteiger partial charge in [-0.1, -0.05) is 6.92 Å². The van der Waals surface area contributed by atoms with Gasteiger partial charge >= 0.3 is 63.3 Å². The second-order valence-electron chi connectivity index (χ2n) is 12.6. The Labute approximate surface area is 429 Å². The van der Waals surface area contributed by atoms with E-state index in [-0.39, 0.29) is 114 Å². The van der Waals surface area contributed by atoms with Gasteiger partial charge in [0.1, 0.15) is 36.1 Å². The Balaban J connectivity index is 0. The number of carboxylic acid groups (broad SMARTS) is 4. The summed E-state index contributed by atoms with van der Waals surface area (Å²) in [6, 6.07) is 10.9. The molecule has 0 saturated carbocycles. The molecule has 0 bridgehead atoms. The van der Waals surface area contributed by atoms with Crippen molar-refractivity contribution < 1.29 is 141 Å². The summed E-state index contributed by atoms with van der Waals surface area (Å²) in [7, 11) is 0. The zero-order valence-corrected chi connectivity index (χ0v) is 39.6. The van der Waals surface area contributed by atoms with E-state index in [4.69, 9.17) is 21.1 Å². The van der Waals surface area contributed by atoms with Crippen molar-refractivity contribution in [3.63, 3.8) is 0 Å². The van der Waals surface area contributed by atoms with E-state index in [2.05, 4.69) is 20.0 Å². The molecule has 0 heterocycles. The molecule has 0 amide bonds. The molecule has 4 aromatic carbocycles. The number of aldehydes is 4. The Bertz CT molecular complexity index is 2210. The first kappa shape index (κ1) is 62.9. The Hall–Kier alpha value is -7.16. The molecule has 0 aliphatic carbocycles. The molecule has 10 N–H and O–H groups in total. The molecule has 0 radical (unpaired) electrons. The number of benzene rings is 4. The Kier molecular flexibility index (Phi) is 30.8. The van der Waals surface area contributed by atoms with Crippen LogP contribution in [0.25, 0.3) is 22.3 Å². The van der Waals surface area contributed by atoms with Gasteiger partial charge in [-0.05, 0) is 84.3 Å². The van der Waals surface area contributed by atoms with Crippen molar-refractivity contribution in [3.05, 3.63) is 93.0 Å². The van der Waals surface area contributed by atoms with E-state index in [0.29, 0.717) is 47.4 Å². The van der Waals surface area contributed by atoms with Crippen LogP contribution in [0.3, 0.4) is 0 Å². The zero-order chi connectivity index (χ0) is 49.9. The van der Waals surface area contributed by atoms with Gasteiger partial charge in [-0.2, -0.15) is 0 Å². The molecule has 0 aliphatic rings. The Morgan fingerprint density at radius 1 is 0.485 bits per heavy atom. The molecule has 0 spiro atoms. The molecule has 0 fully saturated rings. The number of carbonyl (C=O) groups is 8. The minimum Gasteiger partial charge on any atom is -0.870 e. The average Bonchev–Trinajstić information content (AvgIpc) is 3.26. The number of rotatable bonds is 18. The second-order valence-corrected chi connectivity index (χ2v) is 12.6. The van der Waals surface area contributed by atoms with Gasteiger partial charge in [0.25, 0.3) is 0 Å². The number of phenolic OH excluding ortho intramolecular Hbond substituents is 4. The number of aliphatic carboxylic acids is 4. The zero-order valence-electron chi connectivity index (χ0n) is 36.5. The Morgan fingerprint density at radius 2 is 0.662 bits per heavy atom. The van der Waals surface area contributed by atoms with Crippen LogP contribution in [-0.4, -0.2) is 154 Å². The van der Waals surface area contributed by atoms with Gasteiger partial charge in [0.15, 0.2) is 25.1 Å². The number of aliphatic imine (C=N–C) groups is 4. The summed E-state index contributed by atoms with van der Waals surface area (Å²) in [6.45, 7) is 1.99. The third-order valence-electron chi connectivity index (χ3n) is 7.67. The summed E-state index contributed by atoms with van der Waals surface area (Å²) in [5.41, 5.74) is 5.92. The predicted octanol–water partition coefficient (Wildman–Crippen LogP) is -3.08. The molecule has 0 aromatic heterocycles. The van der Waals surface area contributed by atoms with Gasteiger partial charge in [0.05, 0.1) is 47.3 Å². The van der Waals surface area contributed by atoms with Crippen molar-refractivity contribution in [3.8, 4) is 45.3 Å². The van der Waals surface area contributed by atoms with Gasteiger partial charge in [-0.15, -0.1) is 0 Å². The minimum atomic E-state index is -1.47. The molecule has 4 rings (SSSR count). The second kappa shape index (κ2) is 33.3. The summed E-state index contributed by atoms with van der Waals surface area (Å²) >= 11 is 0. The molecule has 0 saturated heterocycles. The van der Waals surface area contributed by atoms with Crippen LogP contribution in [0.1, 0.15) is 77.5 Å². The molecule has 0 unspecified atom stereocenters. The number of aliphatic hydroxyl groups excluding tert-OH is 1. The number of carboxylic acids is 4. The van der Waals surface area contributed by atoms with Crippen LogP contribution in [-0.2, 0) is 19.2 Å². The van der Waals surface area contributed by atoms with Gasteiger partial charge in [0, 0.05) is 53.7 Å². The molecule has 24 heteroatoms. The topological polar surface area (TPSA) is 430 Å². The number of nitrogens with zero attached hydrogens (tertiary/aromatic N) is 4. The van der Waals surface area contributed by atoms with Crippen LogP contribution in [0, 0.1) is 0 Å². The largest absolute Gasteiger partial charge is 1.00 e. The standard InChI is InChI=1S/C24H22N4O10.C16H10O6.C2H7N.C2H6O.K.H2O/c29-19(30)9-25-5-15-1-13(2-16(23(15)37)6-26-10-20(31)32)14-3-17(7-27-11-21(33)34)24(38)18(4-14)8-28-12-22(35)36;17-5-11-1-9(2-12(6-18)15(11)21)10-3-13(7-19)16(22)14(4-10)8-20;2*1-2-3;;/h1-8,37-38H,9-12H2,(H,29,30)(H,31,32)(H,33,34)(H,35,36);1-8,21-22H;2-3H2,1H3;3H,2H2,1H3;;1H2/q;;;;+1;/p-3. The van der Waals surface area contributed by atoms with Crippen molar-refractivity contribution in [2.24, 2.45) is 25.7 Å². The monoisotopic (exact) mass is 969 g/mol. The predicted molar refractivity (Wildman–Crippen MR) is 237 cm³/mol. The summed E-state index contributed by atoms with van der Waals surface area (Å²) in [4.78, 5) is 102. The van der Waals surface area contributed by atoms with E-state index in [1.54, 1.807) is 6.92 Å². The van der Waals surface area contributed by atoms with Crippen LogP contribution >= 0.6 is 0 Å². The average molecular weight is 970 g/mol. The van der Waals surface area contributed by atoms with Crippen LogP contribution in [0.15, 0.2) is 68.5 Å². The van der Waals surface area contributed by atoms with Crippen molar-refractivity contribution in [1.82, 2.24) is 0 Å². The molecular formula is C44H44KN5O18-2. The fraction of sp³-hybridized carbons (Fsp3) is 0.182. The molecule has 356 valence electrons. The number of aromatic hydroxyl groups is 4. The first-order valence-corrected chi connectivity index (χ1v) is 18.8. The van der Waals surface area contributed by atoms with E-state index in [9.17, 15) is 69.0 Å². The number of nitrogens with two attached hydrogens (primary N) is 1. The number of aliphatic hydroxyl groups is 1. The number of hydrogen-bond donors (Lipinski definition) is 8. The molecule has 0 aliphatic heterocycles. The van der Waals surface area contributed by atoms with Crippen molar-refractivity contribution in [2.45, 2.75) is 13.8 Å². The molecule has 68 heavy (non-hydrogen) atoms. The first-order valence-electron chi connectivity index (χ1n) is 18.8. The molecule has 4 aromatic rings. The van der Waals surface area contributed by atoms with Gasteiger partial charge in [-0.25, -0.2) is 0 Å². The minimum absolute atomic E-state index is 0. The Morgan fingerprint density at radius 3 is 0.838 bits per heavy atom. The fourth-order valence-corrected chi connectivity index (χ4v) is 5.02. The normalized spacial score (nSPS) is 10.3. The molecular weight excluding hydrogens is 926 g/mol. The fourth-order valence-electron chi connectivity index (χ4n) is 5.02. The first-order chi connectivity index (χ1) is 31.3. The van der Waals surface area contributed by atoms with Crippen molar-refractivity contribution >= 4 is 73.9 Å². The maximum atomic E-state index is 11.0. The smallest absolute Gasteiger partial charge is 0.870 e. The van der Waals surface area contributed by atoms with Gasteiger partial charge in [-0.3, -0.25) is 48.7 Å². The van der Waals surface area contributed by atoms with E-state index in [1.807, 2.05) is 6.92 Å². The summed E-state index contributed by atoms with van der Waals surface area (Å²) < 4.78 is 0. The number of phenols is 4. The van der Waals surface area contributed by atoms with E-state index in [0.717, 1.165) is 31.4 Å². The maximum absolute atomic E-state index is 11.0. The SMILES string of the molecule is CCN.CCO.O=C([O-])CN=Cc1cc(-c2cc(C=NCC(=O)O)c(O)c(C=NCC(=O)O)c2)cc(C=NCC(=O)[O-])c1O.O=Cc1cc(-c2cc(C=O)c(O)c(C=O)c2)cc(C=O)c1O.[K+].[OH-]. The van der Waals surface area contributed by atoms with Crippen LogP contribution in [0.4, 0.5) is 0 Å². The van der Waals surface area contributed by atoms with Gasteiger partial charge in [0.2, 0.25) is 0 Å². The number of hydrogen-bond acceptors (Lipinski definition) is 21. The summed E-state index contributed by atoms with van der Waals surface area (Å²) in [5, 5.41) is 87.2.